The van der Waals surface area contributed by atoms with Crippen LogP contribution >= 0.6 is 0 Å². The van der Waals surface area contributed by atoms with E-state index >= 15 is 0 Å². The van der Waals surface area contributed by atoms with Gasteiger partial charge in [0.25, 0.3) is 0 Å². The van der Waals surface area contributed by atoms with Crippen molar-refractivity contribution in [3.05, 3.63) is 48.3 Å². The second-order valence-electron chi connectivity index (χ2n) is 4.43. The summed E-state index contributed by atoms with van der Waals surface area (Å²) >= 11 is 0. The Bertz CT molecular complexity index is 810. The number of aromatic hydroxyl groups is 2. The molecule has 0 bridgehead atoms. The van der Waals surface area contributed by atoms with Crippen LogP contribution in [0.2, 0.25) is 0 Å². The Morgan fingerprint density at radius 2 is 1.57 bits per heavy atom. The monoisotopic (exact) mass is 294 g/mol. The number of phenols is 2. The molecule has 0 aliphatic carbocycles. The lowest BCUT2D eigenvalue weighted by Gasteiger charge is -2.11. The lowest BCUT2D eigenvalue weighted by Crippen LogP contribution is -2.13. The first-order valence-electron chi connectivity index (χ1n) is 5.95. The number of para-hydroxylation sites is 1. The second-order valence-corrected chi connectivity index (χ2v) is 4.43. The smallest absolute Gasteiger partial charge is 0.450 e. The summed E-state index contributed by atoms with van der Waals surface area (Å²) in [7, 11) is 0. The minimum atomic E-state index is -4.67. The van der Waals surface area contributed by atoms with Crippen molar-refractivity contribution in [2.24, 2.45) is 0 Å². The fourth-order valence-electron chi connectivity index (χ4n) is 2.13. The van der Waals surface area contributed by atoms with Crippen LogP contribution in [0.3, 0.4) is 0 Å². The van der Waals surface area contributed by atoms with Crippen molar-refractivity contribution in [2.75, 3.05) is 0 Å². The molecule has 1 heterocycles. The number of halogens is 3. The van der Waals surface area contributed by atoms with Crippen molar-refractivity contribution in [1.29, 1.82) is 0 Å². The molecule has 2 aromatic carbocycles. The number of nitrogens with zero attached hydrogens (tertiary/aromatic N) is 2. The standard InChI is InChI=1S/C14H9F3N2O2/c15-14(16,17)13-18-9-6-11(20)12(21)7-10(9)19(13)8-4-2-1-3-5-8/h1-7,20-21H. The molecule has 4 nitrogen and oxygen atoms in total. The Hall–Kier alpha value is -2.70. The van der Waals surface area contributed by atoms with E-state index < -0.39 is 23.5 Å². The molecule has 0 amide bonds. The summed E-state index contributed by atoms with van der Waals surface area (Å²) in [5.74, 6) is -2.14. The molecule has 0 atom stereocenters. The van der Waals surface area contributed by atoms with Crippen LogP contribution in [0, 0.1) is 0 Å². The highest BCUT2D eigenvalue weighted by molar-refractivity contribution is 5.82. The fraction of sp³-hybridized carbons (Fsp3) is 0.0714. The van der Waals surface area contributed by atoms with Crippen molar-refractivity contribution >= 4 is 11.0 Å². The number of fused-ring (bicyclic) bond motifs is 1. The van der Waals surface area contributed by atoms with Crippen LogP contribution in [0.5, 0.6) is 11.5 Å². The van der Waals surface area contributed by atoms with Crippen molar-refractivity contribution in [1.82, 2.24) is 9.55 Å². The largest absolute Gasteiger partial charge is 0.504 e. The third-order valence-electron chi connectivity index (χ3n) is 3.02. The molecule has 0 aliphatic rings. The minimum absolute atomic E-state index is 0.0542. The van der Waals surface area contributed by atoms with E-state index in [1.54, 1.807) is 18.2 Å². The van der Waals surface area contributed by atoms with Crippen LogP contribution in [-0.2, 0) is 6.18 Å². The summed E-state index contributed by atoms with van der Waals surface area (Å²) < 4.78 is 40.4. The highest BCUT2D eigenvalue weighted by Crippen LogP contribution is 2.37. The fourth-order valence-corrected chi connectivity index (χ4v) is 2.13. The van der Waals surface area contributed by atoms with Crippen LogP contribution in [0.25, 0.3) is 16.7 Å². The van der Waals surface area contributed by atoms with Gasteiger partial charge in [0.1, 0.15) is 0 Å². The normalized spacial score (nSPS) is 12.0. The molecule has 2 N–H and O–H groups in total. The van der Waals surface area contributed by atoms with Crippen molar-refractivity contribution in [3.63, 3.8) is 0 Å². The molecular formula is C14H9F3N2O2. The third-order valence-corrected chi connectivity index (χ3v) is 3.02. The predicted molar refractivity (Wildman–Crippen MR) is 69.4 cm³/mol. The summed E-state index contributed by atoms with van der Waals surface area (Å²) in [4.78, 5) is 3.53. The molecule has 0 spiro atoms. The SMILES string of the molecule is Oc1cc2nc(C(F)(F)F)n(-c3ccccc3)c2cc1O. The molecule has 7 heteroatoms. The van der Waals surface area contributed by atoms with Gasteiger partial charge >= 0.3 is 6.18 Å². The number of imidazole rings is 1. The van der Waals surface area contributed by atoms with Crippen LogP contribution in [0.1, 0.15) is 5.82 Å². The molecule has 0 saturated carbocycles. The van der Waals surface area contributed by atoms with Gasteiger partial charge in [-0.05, 0) is 12.1 Å². The van der Waals surface area contributed by atoms with Crippen molar-refractivity contribution < 1.29 is 23.4 Å². The van der Waals surface area contributed by atoms with Gasteiger partial charge in [-0.2, -0.15) is 13.2 Å². The van der Waals surface area contributed by atoms with Gasteiger partial charge < -0.3 is 10.2 Å². The molecule has 3 aromatic rings. The van der Waals surface area contributed by atoms with E-state index in [4.69, 9.17) is 0 Å². The van der Waals surface area contributed by atoms with Gasteiger partial charge in [-0.3, -0.25) is 4.57 Å². The first kappa shape index (κ1) is 13.3. The molecule has 21 heavy (non-hydrogen) atoms. The minimum Gasteiger partial charge on any atom is -0.504 e. The lowest BCUT2D eigenvalue weighted by atomic mass is 10.2. The zero-order valence-electron chi connectivity index (χ0n) is 10.5. The first-order chi connectivity index (χ1) is 9.88. The molecule has 1 aromatic heterocycles. The summed E-state index contributed by atoms with van der Waals surface area (Å²) in [6.45, 7) is 0. The lowest BCUT2D eigenvalue weighted by molar-refractivity contribution is -0.145. The van der Waals surface area contributed by atoms with Gasteiger partial charge in [0.15, 0.2) is 11.5 Å². The maximum absolute atomic E-state index is 13.2. The third kappa shape index (κ3) is 2.16. The average Bonchev–Trinajstić information content (AvgIpc) is 2.79. The molecule has 3 rings (SSSR count). The van der Waals surface area contributed by atoms with Crippen LogP contribution in [0.15, 0.2) is 42.5 Å². The summed E-state index contributed by atoms with van der Waals surface area (Å²) in [6, 6.07) is 9.93. The molecule has 0 saturated heterocycles. The van der Waals surface area contributed by atoms with E-state index in [2.05, 4.69) is 4.98 Å². The van der Waals surface area contributed by atoms with Crippen molar-refractivity contribution in [2.45, 2.75) is 6.18 Å². The number of aromatic nitrogens is 2. The highest BCUT2D eigenvalue weighted by Gasteiger charge is 2.38. The van der Waals surface area contributed by atoms with Gasteiger partial charge in [-0.1, -0.05) is 18.2 Å². The number of alkyl halides is 3. The molecule has 0 fully saturated rings. The van der Waals surface area contributed by atoms with E-state index in [1.807, 2.05) is 0 Å². The topological polar surface area (TPSA) is 58.3 Å². The summed E-state index contributed by atoms with van der Waals surface area (Å²) in [5, 5.41) is 18.9. The quantitative estimate of drug-likeness (QED) is 0.676. The van der Waals surface area contributed by atoms with Gasteiger partial charge in [0.05, 0.1) is 11.0 Å². The van der Waals surface area contributed by atoms with Crippen LogP contribution < -0.4 is 0 Å². The van der Waals surface area contributed by atoms with Crippen LogP contribution in [-0.4, -0.2) is 19.8 Å². The number of rotatable bonds is 1. The van der Waals surface area contributed by atoms with Crippen molar-refractivity contribution in [3.8, 4) is 17.2 Å². The Morgan fingerprint density at radius 3 is 2.19 bits per heavy atom. The van der Waals surface area contributed by atoms with Gasteiger partial charge in [-0.15, -0.1) is 0 Å². The Morgan fingerprint density at radius 1 is 0.952 bits per heavy atom. The first-order valence-corrected chi connectivity index (χ1v) is 5.95. The Kier molecular flexibility index (Phi) is 2.79. The van der Waals surface area contributed by atoms with Crippen LogP contribution in [0.4, 0.5) is 13.2 Å². The van der Waals surface area contributed by atoms with Gasteiger partial charge in [0.2, 0.25) is 5.82 Å². The number of hydrogen-bond donors (Lipinski definition) is 2. The van der Waals surface area contributed by atoms with E-state index in [0.29, 0.717) is 0 Å². The van der Waals surface area contributed by atoms with Gasteiger partial charge in [0, 0.05) is 17.8 Å². The number of phenolic OH excluding ortho intramolecular Hbond substituents is 2. The predicted octanol–water partition coefficient (Wildman–Crippen LogP) is 3.46. The molecule has 108 valence electrons. The maximum Gasteiger partial charge on any atom is 0.450 e. The van der Waals surface area contributed by atoms with E-state index in [1.165, 1.54) is 12.1 Å². The van der Waals surface area contributed by atoms with Gasteiger partial charge in [-0.25, -0.2) is 4.98 Å². The number of hydrogen-bond acceptors (Lipinski definition) is 3. The maximum atomic E-state index is 13.2. The molecule has 0 aliphatic heterocycles. The zero-order chi connectivity index (χ0) is 15.2. The Labute approximate surface area is 116 Å². The highest BCUT2D eigenvalue weighted by atomic mass is 19.4. The average molecular weight is 294 g/mol. The Balaban J connectivity index is 2.41. The van der Waals surface area contributed by atoms with E-state index in [9.17, 15) is 23.4 Å². The second kappa shape index (κ2) is 4.41. The molecule has 0 unspecified atom stereocenters. The summed E-state index contributed by atoms with van der Waals surface area (Å²) in [6.07, 6.45) is -4.67. The number of benzene rings is 2. The summed E-state index contributed by atoms with van der Waals surface area (Å²) in [5.41, 5.74) is 0.266. The van der Waals surface area contributed by atoms with E-state index in [-0.39, 0.29) is 16.7 Å². The zero-order valence-corrected chi connectivity index (χ0v) is 10.5. The van der Waals surface area contributed by atoms with E-state index in [0.717, 1.165) is 16.7 Å². The molecule has 0 radical (unpaired) electrons. The molecular weight excluding hydrogens is 285 g/mol.